The van der Waals surface area contributed by atoms with Gasteiger partial charge in [0.05, 0.1) is 23.3 Å². The summed E-state index contributed by atoms with van der Waals surface area (Å²) in [5.41, 5.74) is 1.93. The third kappa shape index (κ3) is 3.84. The van der Waals surface area contributed by atoms with Crippen molar-refractivity contribution in [2.24, 2.45) is 0 Å². The number of carbonyl (C=O) groups is 3. The molecule has 2 amide bonds. The summed E-state index contributed by atoms with van der Waals surface area (Å²) in [6, 6.07) is 7.48. The highest BCUT2D eigenvalue weighted by atomic mass is 32.2. The fraction of sp³-hybridized carbons (Fsp3) is 0.400. The van der Waals surface area contributed by atoms with Gasteiger partial charge in [0.15, 0.2) is 0 Å². The summed E-state index contributed by atoms with van der Waals surface area (Å²) in [5.74, 6) is -1.17. The molecular weight excluding hydrogens is 396 g/mol. The summed E-state index contributed by atoms with van der Waals surface area (Å²) in [6.45, 7) is 2.50. The van der Waals surface area contributed by atoms with Crippen LogP contribution in [0.3, 0.4) is 0 Å². The van der Waals surface area contributed by atoms with Gasteiger partial charge in [-0.05, 0) is 12.5 Å². The Bertz CT molecular complexity index is 866. The van der Waals surface area contributed by atoms with E-state index < -0.39 is 11.9 Å². The van der Waals surface area contributed by atoms with Gasteiger partial charge in [0, 0.05) is 12.1 Å². The lowest BCUT2D eigenvalue weighted by Gasteiger charge is -2.16. The Kier molecular flexibility index (Phi) is 6.51. The zero-order valence-corrected chi connectivity index (χ0v) is 17.5. The van der Waals surface area contributed by atoms with Crippen LogP contribution in [0.15, 0.2) is 29.2 Å². The molecule has 1 aromatic rings. The number of ether oxygens (including phenoxy) is 1. The van der Waals surface area contributed by atoms with Crippen LogP contribution in [0.4, 0.5) is 5.69 Å². The van der Waals surface area contributed by atoms with Crippen LogP contribution in [-0.4, -0.2) is 47.2 Å². The number of esters is 1. The van der Waals surface area contributed by atoms with E-state index in [1.165, 1.54) is 12.0 Å². The van der Waals surface area contributed by atoms with E-state index in [1.54, 1.807) is 4.90 Å². The highest BCUT2D eigenvalue weighted by Gasteiger charge is 2.42. The standard InChI is InChI=1S/C20H22N2O4S2/c1-3-4-5-8-11-21-14-10-7-6-9-13(14)16(18(21)24)17-19(25)22(20(27)28-17)12-15(23)26-2/h6-7,9-10H,3-5,8,11-12H2,1-2H3/b17-16+. The predicted octanol–water partition coefficient (Wildman–Crippen LogP) is 3.36. The topological polar surface area (TPSA) is 66.9 Å². The van der Waals surface area contributed by atoms with E-state index in [-0.39, 0.29) is 21.7 Å². The van der Waals surface area contributed by atoms with Gasteiger partial charge in [-0.2, -0.15) is 0 Å². The van der Waals surface area contributed by atoms with Gasteiger partial charge in [0.25, 0.3) is 11.8 Å². The number of thioether (sulfide) groups is 1. The predicted molar refractivity (Wildman–Crippen MR) is 114 cm³/mol. The number of unbranched alkanes of at least 4 members (excludes halogenated alkanes) is 3. The zero-order chi connectivity index (χ0) is 20.3. The fourth-order valence-electron chi connectivity index (χ4n) is 3.30. The first kappa shape index (κ1) is 20.5. The Hall–Kier alpha value is -2.19. The van der Waals surface area contributed by atoms with Crippen molar-refractivity contribution in [3.63, 3.8) is 0 Å². The van der Waals surface area contributed by atoms with Gasteiger partial charge in [-0.1, -0.05) is 68.4 Å². The molecule has 3 rings (SSSR count). The molecule has 2 heterocycles. The van der Waals surface area contributed by atoms with E-state index in [0.29, 0.717) is 12.1 Å². The molecule has 0 unspecified atom stereocenters. The number of hydrogen-bond acceptors (Lipinski definition) is 6. The van der Waals surface area contributed by atoms with E-state index >= 15 is 0 Å². The first-order valence-electron chi connectivity index (χ1n) is 9.25. The van der Waals surface area contributed by atoms with Crippen LogP contribution in [-0.2, 0) is 19.1 Å². The van der Waals surface area contributed by atoms with Gasteiger partial charge in [-0.3, -0.25) is 19.3 Å². The van der Waals surface area contributed by atoms with Gasteiger partial charge >= 0.3 is 5.97 Å². The molecule has 6 nitrogen and oxygen atoms in total. The summed E-state index contributed by atoms with van der Waals surface area (Å²) in [6.07, 6.45) is 4.21. The smallest absolute Gasteiger partial charge is 0.325 e. The second-order valence-electron chi connectivity index (χ2n) is 6.57. The fourth-order valence-corrected chi connectivity index (χ4v) is 4.62. The minimum Gasteiger partial charge on any atom is -0.468 e. The molecule has 2 aliphatic rings. The minimum atomic E-state index is -0.557. The molecule has 2 aliphatic heterocycles. The normalized spacial score (nSPS) is 18.9. The van der Waals surface area contributed by atoms with Crippen molar-refractivity contribution in [1.29, 1.82) is 0 Å². The maximum atomic E-state index is 13.2. The van der Waals surface area contributed by atoms with Crippen LogP contribution >= 0.6 is 24.0 Å². The number of carbonyl (C=O) groups excluding carboxylic acids is 3. The molecule has 0 spiro atoms. The number of fused-ring (bicyclic) bond motifs is 1. The number of anilines is 1. The number of nitrogens with zero attached hydrogens (tertiary/aromatic N) is 2. The molecule has 0 aliphatic carbocycles. The third-order valence-corrected chi connectivity index (χ3v) is 6.20. The molecule has 0 saturated carbocycles. The number of thiocarbonyl (C=S) groups is 1. The molecule has 8 heteroatoms. The number of rotatable bonds is 7. The van der Waals surface area contributed by atoms with E-state index in [9.17, 15) is 14.4 Å². The van der Waals surface area contributed by atoms with Gasteiger partial charge in [-0.25, -0.2) is 0 Å². The molecule has 0 atom stereocenters. The van der Waals surface area contributed by atoms with Crippen molar-refractivity contribution in [3.8, 4) is 0 Å². The maximum Gasteiger partial charge on any atom is 0.325 e. The van der Waals surface area contributed by atoms with E-state index in [2.05, 4.69) is 11.7 Å². The van der Waals surface area contributed by atoms with Gasteiger partial charge in [-0.15, -0.1) is 0 Å². The second kappa shape index (κ2) is 8.87. The molecule has 0 N–H and O–H groups in total. The molecule has 0 bridgehead atoms. The molecule has 148 valence electrons. The highest BCUT2D eigenvalue weighted by Crippen LogP contribution is 2.44. The Morgan fingerprint density at radius 2 is 1.86 bits per heavy atom. The summed E-state index contributed by atoms with van der Waals surface area (Å²) >= 11 is 6.33. The van der Waals surface area contributed by atoms with Crippen molar-refractivity contribution in [2.75, 3.05) is 25.1 Å². The number of hydrogen-bond donors (Lipinski definition) is 0. The maximum absolute atomic E-state index is 13.2. The van der Waals surface area contributed by atoms with Crippen LogP contribution in [0.2, 0.25) is 0 Å². The lowest BCUT2D eigenvalue weighted by molar-refractivity contribution is -0.143. The first-order valence-corrected chi connectivity index (χ1v) is 10.5. The third-order valence-electron chi connectivity index (χ3n) is 4.75. The van der Waals surface area contributed by atoms with Gasteiger partial charge in [0.2, 0.25) is 0 Å². The second-order valence-corrected chi connectivity index (χ2v) is 8.22. The molecule has 28 heavy (non-hydrogen) atoms. The lowest BCUT2D eigenvalue weighted by atomic mass is 10.1. The van der Waals surface area contributed by atoms with Crippen LogP contribution in [0.1, 0.15) is 38.2 Å². The van der Waals surface area contributed by atoms with Crippen molar-refractivity contribution in [3.05, 3.63) is 34.7 Å². The van der Waals surface area contributed by atoms with Crippen molar-refractivity contribution in [2.45, 2.75) is 32.6 Å². The van der Waals surface area contributed by atoms with E-state index in [0.717, 1.165) is 48.7 Å². The zero-order valence-electron chi connectivity index (χ0n) is 15.9. The van der Waals surface area contributed by atoms with Crippen LogP contribution < -0.4 is 4.90 Å². The average Bonchev–Trinajstić information content (AvgIpc) is 3.12. The average molecular weight is 419 g/mol. The Balaban J connectivity index is 1.93. The monoisotopic (exact) mass is 418 g/mol. The summed E-state index contributed by atoms with van der Waals surface area (Å²) in [4.78, 5) is 40.9. The van der Waals surface area contributed by atoms with Crippen molar-refractivity contribution in [1.82, 2.24) is 4.90 Å². The molecule has 1 saturated heterocycles. The molecule has 0 aromatic heterocycles. The minimum absolute atomic E-state index is 0.184. The molecule has 1 fully saturated rings. The highest BCUT2D eigenvalue weighted by molar-refractivity contribution is 8.26. The number of methoxy groups -OCH3 is 1. The van der Waals surface area contributed by atoms with Gasteiger partial charge in [0.1, 0.15) is 10.9 Å². The molecular formula is C20H22N2O4S2. The SMILES string of the molecule is CCCCCCN1C(=O)/C(=C2/SC(=S)N(CC(=O)OC)C2=O)c2ccccc21. The first-order chi connectivity index (χ1) is 13.5. The summed E-state index contributed by atoms with van der Waals surface area (Å²) < 4.78 is 4.89. The van der Waals surface area contributed by atoms with E-state index in [1.807, 2.05) is 24.3 Å². The largest absolute Gasteiger partial charge is 0.468 e. The van der Waals surface area contributed by atoms with Crippen molar-refractivity contribution < 1.29 is 19.1 Å². The summed E-state index contributed by atoms with van der Waals surface area (Å²) in [5, 5.41) is 0. The van der Waals surface area contributed by atoms with Crippen LogP contribution in [0.5, 0.6) is 0 Å². The van der Waals surface area contributed by atoms with E-state index in [4.69, 9.17) is 12.2 Å². The van der Waals surface area contributed by atoms with Crippen LogP contribution in [0.25, 0.3) is 5.57 Å². The number of benzene rings is 1. The lowest BCUT2D eigenvalue weighted by Crippen LogP contribution is -2.34. The molecule has 1 aromatic carbocycles. The Morgan fingerprint density at radius 1 is 1.11 bits per heavy atom. The molecule has 0 radical (unpaired) electrons. The quantitative estimate of drug-likeness (QED) is 0.293. The Morgan fingerprint density at radius 3 is 2.57 bits per heavy atom. The number of amides is 2. The van der Waals surface area contributed by atoms with Gasteiger partial charge < -0.3 is 9.64 Å². The van der Waals surface area contributed by atoms with Crippen LogP contribution in [0, 0.1) is 0 Å². The van der Waals surface area contributed by atoms with Crippen molar-refractivity contribution >= 4 is 57.3 Å². The Labute approximate surface area is 173 Å². The number of para-hydroxylation sites is 1. The summed E-state index contributed by atoms with van der Waals surface area (Å²) in [7, 11) is 1.26.